The number of aryl methyl sites for hydroxylation is 1. The highest BCUT2D eigenvalue weighted by atomic mass is 35.5. The Morgan fingerprint density at radius 3 is 2.52 bits per heavy atom. The summed E-state index contributed by atoms with van der Waals surface area (Å²) in [7, 11) is 0. The van der Waals surface area contributed by atoms with Gasteiger partial charge in [0.05, 0.1) is 22.5 Å². The maximum atomic E-state index is 12.6. The van der Waals surface area contributed by atoms with Gasteiger partial charge < -0.3 is 0 Å². The topological polar surface area (TPSA) is 78.5 Å². The van der Waals surface area contributed by atoms with Crippen molar-refractivity contribution in [1.29, 1.82) is 0 Å². The molecule has 0 aliphatic carbocycles. The molecule has 0 aliphatic heterocycles. The minimum atomic E-state index is -0.400. The summed E-state index contributed by atoms with van der Waals surface area (Å²) >= 11 is 7.51. The minimum Gasteiger partial charge on any atom is -0.266 e. The summed E-state index contributed by atoms with van der Waals surface area (Å²) in [5.74, 6) is 0. The number of tetrazole rings is 1. The van der Waals surface area contributed by atoms with Gasteiger partial charge in [-0.3, -0.25) is 4.79 Å². The smallest absolute Gasteiger partial charge is 0.266 e. The molecule has 2 aromatic heterocycles. The number of halogens is 1. The van der Waals surface area contributed by atoms with Crippen LogP contribution in [0.25, 0.3) is 11.4 Å². The molecule has 0 atom stereocenters. The highest BCUT2D eigenvalue weighted by Crippen LogP contribution is 2.30. The van der Waals surface area contributed by atoms with E-state index in [1.807, 2.05) is 49.4 Å². The molecule has 0 fully saturated rings. The standard InChI is InChI=1S/C18H13ClN6OS/c1-12-7-5-6-10-14(12)25-18(21-22-23-25)27-15-11-20-24(17(26)16(15)19)13-8-3-2-4-9-13/h2-11H,1H3. The van der Waals surface area contributed by atoms with Crippen LogP contribution in [-0.2, 0) is 0 Å². The average Bonchev–Trinajstić information content (AvgIpc) is 3.15. The molecule has 0 aliphatic rings. The van der Waals surface area contributed by atoms with Gasteiger partial charge in [0.2, 0.25) is 5.16 Å². The SMILES string of the molecule is Cc1ccccc1-n1nnnc1Sc1cnn(-c2ccccc2)c(=O)c1Cl. The third-order valence-electron chi connectivity index (χ3n) is 3.87. The molecule has 134 valence electrons. The molecule has 0 saturated carbocycles. The molecule has 0 unspecified atom stereocenters. The summed E-state index contributed by atoms with van der Waals surface area (Å²) < 4.78 is 2.87. The number of rotatable bonds is 4. The first kappa shape index (κ1) is 17.4. The van der Waals surface area contributed by atoms with Crippen molar-refractivity contribution in [2.75, 3.05) is 0 Å². The van der Waals surface area contributed by atoms with E-state index in [1.165, 1.54) is 22.6 Å². The maximum absolute atomic E-state index is 12.6. The van der Waals surface area contributed by atoms with Gasteiger partial charge in [-0.15, -0.1) is 5.10 Å². The first-order valence-corrected chi connectivity index (χ1v) is 9.20. The van der Waals surface area contributed by atoms with Crippen molar-refractivity contribution in [3.05, 3.63) is 81.7 Å². The summed E-state index contributed by atoms with van der Waals surface area (Å²) in [6, 6.07) is 16.9. The van der Waals surface area contributed by atoms with Crippen molar-refractivity contribution in [2.24, 2.45) is 0 Å². The van der Waals surface area contributed by atoms with Crippen LogP contribution in [-0.4, -0.2) is 30.0 Å². The van der Waals surface area contributed by atoms with Gasteiger partial charge in [-0.1, -0.05) is 48.0 Å². The predicted octanol–water partition coefficient (Wildman–Crippen LogP) is 3.32. The average molecular weight is 397 g/mol. The number of nitrogens with zero attached hydrogens (tertiary/aromatic N) is 6. The van der Waals surface area contributed by atoms with Gasteiger partial charge >= 0.3 is 0 Å². The van der Waals surface area contributed by atoms with Crippen molar-refractivity contribution in [3.63, 3.8) is 0 Å². The highest BCUT2D eigenvalue weighted by molar-refractivity contribution is 7.99. The second-order valence-electron chi connectivity index (χ2n) is 5.64. The van der Waals surface area contributed by atoms with E-state index in [0.29, 0.717) is 15.7 Å². The van der Waals surface area contributed by atoms with E-state index >= 15 is 0 Å². The van der Waals surface area contributed by atoms with E-state index in [4.69, 9.17) is 11.6 Å². The fraction of sp³-hybridized carbons (Fsp3) is 0.0556. The van der Waals surface area contributed by atoms with Gasteiger partial charge in [0, 0.05) is 0 Å². The summed E-state index contributed by atoms with van der Waals surface area (Å²) in [6.07, 6.45) is 1.54. The molecular weight excluding hydrogens is 384 g/mol. The Balaban J connectivity index is 1.71. The fourth-order valence-corrected chi connectivity index (χ4v) is 3.55. The molecule has 0 bridgehead atoms. The van der Waals surface area contributed by atoms with Gasteiger partial charge in [0.25, 0.3) is 5.56 Å². The van der Waals surface area contributed by atoms with Crippen LogP contribution in [0.2, 0.25) is 5.02 Å². The van der Waals surface area contributed by atoms with Crippen molar-refractivity contribution >= 4 is 23.4 Å². The molecule has 0 radical (unpaired) electrons. The molecule has 4 aromatic rings. The fourth-order valence-electron chi connectivity index (χ4n) is 2.54. The van der Waals surface area contributed by atoms with Crippen LogP contribution in [0.15, 0.2) is 75.6 Å². The summed E-state index contributed by atoms with van der Waals surface area (Å²) in [4.78, 5) is 13.1. The molecule has 0 saturated heterocycles. The summed E-state index contributed by atoms with van der Waals surface area (Å²) in [6.45, 7) is 1.97. The van der Waals surface area contributed by atoms with E-state index in [1.54, 1.807) is 16.8 Å². The molecule has 2 heterocycles. The Kier molecular flexibility index (Phi) is 4.74. The van der Waals surface area contributed by atoms with Crippen LogP contribution in [0.5, 0.6) is 0 Å². The summed E-state index contributed by atoms with van der Waals surface area (Å²) in [5.41, 5.74) is 2.12. The van der Waals surface area contributed by atoms with Crippen molar-refractivity contribution in [2.45, 2.75) is 17.0 Å². The second kappa shape index (κ2) is 7.34. The summed E-state index contributed by atoms with van der Waals surface area (Å²) in [5, 5.41) is 16.6. The quantitative estimate of drug-likeness (QED) is 0.526. The van der Waals surface area contributed by atoms with Crippen LogP contribution < -0.4 is 5.56 Å². The third-order valence-corrected chi connectivity index (χ3v) is 5.32. The molecular formula is C18H13ClN6OS. The zero-order valence-corrected chi connectivity index (χ0v) is 15.7. The molecule has 0 amide bonds. The Hall–Kier alpha value is -2.97. The third kappa shape index (κ3) is 3.36. The lowest BCUT2D eigenvalue weighted by molar-refractivity contribution is 0.750. The molecule has 4 rings (SSSR count). The van der Waals surface area contributed by atoms with Crippen LogP contribution in [0.1, 0.15) is 5.56 Å². The maximum Gasteiger partial charge on any atom is 0.291 e. The van der Waals surface area contributed by atoms with Gasteiger partial charge in [-0.25, -0.2) is 0 Å². The Morgan fingerprint density at radius 1 is 1.00 bits per heavy atom. The molecule has 27 heavy (non-hydrogen) atoms. The number of hydrogen-bond acceptors (Lipinski definition) is 6. The zero-order valence-electron chi connectivity index (χ0n) is 14.2. The van der Waals surface area contributed by atoms with Crippen LogP contribution in [0, 0.1) is 6.92 Å². The monoisotopic (exact) mass is 396 g/mol. The van der Waals surface area contributed by atoms with Crippen molar-refractivity contribution < 1.29 is 0 Å². The molecule has 0 N–H and O–H groups in total. The number of hydrogen-bond donors (Lipinski definition) is 0. The Morgan fingerprint density at radius 2 is 1.74 bits per heavy atom. The zero-order chi connectivity index (χ0) is 18.8. The van der Waals surface area contributed by atoms with Crippen LogP contribution in [0.4, 0.5) is 0 Å². The van der Waals surface area contributed by atoms with E-state index in [0.717, 1.165) is 11.3 Å². The molecule has 2 aromatic carbocycles. The Labute approximate surface area is 163 Å². The van der Waals surface area contributed by atoms with Crippen LogP contribution in [0.3, 0.4) is 0 Å². The number of benzene rings is 2. The Bertz CT molecular complexity index is 1160. The lowest BCUT2D eigenvalue weighted by atomic mass is 10.2. The number of para-hydroxylation sites is 2. The van der Waals surface area contributed by atoms with Crippen molar-refractivity contribution in [1.82, 2.24) is 30.0 Å². The van der Waals surface area contributed by atoms with Gasteiger partial charge in [-0.2, -0.15) is 14.5 Å². The van der Waals surface area contributed by atoms with Crippen molar-refractivity contribution in [3.8, 4) is 11.4 Å². The van der Waals surface area contributed by atoms with E-state index in [9.17, 15) is 4.79 Å². The highest BCUT2D eigenvalue weighted by Gasteiger charge is 2.17. The number of aromatic nitrogens is 6. The lowest BCUT2D eigenvalue weighted by Crippen LogP contribution is -2.21. The van der Waals surface area contributed by atoms with E-state index < -0.39 is 5.56 Å². The predicted molar refractivity (Wildman–Crippen MR) is 103 cm³/mol. The molecule has 0 spiro atoms. The van der Waals surface area contributed by atoms with Crippen LogP contribution >= 0.6 is 23.4 Å². The van der Waals surface area contributed by atoms with E-state index in [-0.39, 0.29) is 5.02 Å². The van der Waals surface area contributed by atoms with Gasteiger partial charge in [-0.05, 0) is 52.9 Å². The minimum absolute atomic E-state index is 0.0678. The normalized spacial score (nSPS) is 10.9. The molecule has 7 nitrogen and oxygen atoms in total. The van der Waals surface area contributed by atoms with Gasteiger partial charge in [0.15, 0.2) is 0 Å². The largest absolute Gasteiger partial charge is 0.291 e. The lowest BCUT2D eigenvalue weighted by Gasteiger charge is -2.09. The van der Waals surface area contributed by atoms with Gasteiger partial charge in [0.1, 0.15) is 5.02 Å². The first-order valence-electron chi connectivity index (χ1n) is 8.00. The van der Waals surface area contributed by atoms with E-state index in [2.05, 4.69) is 20.6 Å². The second-order valence-corrected chi connectivity index (χ2v) is 7.02. The first-order chi connectivity index (χ1) is 13.1. The molecule has 9 heteroatoms.